The molecule has 7 heteroatoms. The summed E-state index contributed by atoms with van der Waals surface area (Å²) in [7, 11) is 3.40. The normalized spacial score (nSPS) is 17.1. The predicted molar refractivity (Wildman–Crippen MR) is 107 cm³/mol. The van der Waals surface area contributed by atoms with E-state index in [9.17, 15) is 4.79 Å². The van der Waals surface area contributed by atoms with Crippen LogP contribution in [0, 0.1) is 5.92 Å². The molecule has 7 nitrogen and oxygen atoms in total. The summed E-state index contributed by atoms with van der Waals surface area (Å²) >= 11 is 0. The van der Waals surface area contributed by atoms with Crippen LogP contribution in [0.4, 0.5) is 0 Å². The molecule has 2 N–H and O–H groups in total. The SMILES string of the molecule is CN=C(NCCCOc1cccc(OC)c1)NC1CCN(C(=O)C(C)C)C1. The van der Waals surface area contributed by atoms with Crippen LogP contribution in [0.5, 0.6) is 11.5 Å². The molecule has 1 aromatic rings. The van der Waals surface area contributed by atoms with Crippen LogP contribution in [0.1, 0.15) is 26.7 Å². The Morgan fingerprint density at radius 2 is 2.15 bits per heavy atom. The molecule has 1 heterocycles. The predicted octanol–water partition coefficient (Wildman–Crippen LogP) is 1.89. The van der Waals surface area contributed by atoms with Crippen molar-refractivity contribution in [1.82, 2.24) is 15.5 Å². The first-order valence-electron chi connectivity index (χ1n) is 9.56. The zero-order valence-corrected chi connectivity index (χ0v) is 16.8. The van der Waals surface area contributed by atoms with Gasteiger partial charge in [-0.15, -0.1) is 0 Å². The number of likely N-dealkylation sites (tertiary alicyclic amines) is 1. The van der Waals surface area contributed by atoms with E-state index in [-0.39, 0.29) is 17.9 Å². The topological polar surface area (TPSA) is 75.2 Å². The number of ether oxygens (including phenoxy) is 2. The smallest absolute Gasteiger partial charge is 0.225 e. The average Bonchev–Trinajstić information content (AvgIpc) is 3.14. The molecule has 0 radical (unpaired) electrons. The van der Waals surface area contributed by atoms with Gasteiger partial charge < -0.3 is 25.0 Å². The number of hydrogen-bond acceptors (Lipinski definition) is 4. The fourth-order valence-corrected chi connectivity index (χ4v) is 2.99. The van der Waals surface area contributed by atoms with Crippen LogP contribution in [0.15, 0.2) is 29.3 Å². The number of hydrogen-bond donors (Lipinski definition) is 2. The number of nitrogens with one attached hydrogen (secondary N) is 2. The summed E-state index contributed by atoms with van der Waals surface area (Å²) in [4.78, 5) is 18.3. The van der Waals surface area contributed by atoms with E-state index in [0.29, 0.717) is 6.61 Å². The number of amides is 1. The second-order valence-electron chi connectivity index (χ2n) is 6.95. The molecular weight excluding hydrogens is 344 g/mol. The number of carbonyl (C=O) groups excluding carboxylic acids is 1. The molecule has 1 fully saturated rings. The van der Waals surface area contributed by atoms with Crippen molar-refractivity contribution in [1.29, 1.82) is 0 Å². The molecular formula is C20H32N4O3. The quantitative estimate of drug-likeness (QED) is 0.412. The maximum Gasteiger partial charge on any atom is 0.225 e. The second kappa shape index (κ2) is 10.6. The van der Waals surface area contributed by atoms with Crippen molar-refractivity contribution in [3.05, 3.63) is 24.3 Å². The van der Waals surface area contributed by atoms with Crippen LogP contribution in [-0.2, 0) is 4.79 Å². The Labute approximate surface area is 162 Å². The van der Waals surface area contributed by atoms with Crippen molar-refractivity contribution in [2.45, 2.75) is 32.7 Å². The zero-order valence-electron chi connectivity index (χ0n) is 16.8. The molecule has 27 heavy (non-hydrogen) atoms. The lowest BCUT2D eigenvalue weighted by Gasteiger charge is -2.20. The van der Waals surface area contributed by atoms with Gasteiger partial charge in [0.2, 0.25) is 5.91 Å². The highest BCUT2D eigenvalue weighted by Crippen LogP contribution is 2.18. The molecule has 1 unspecified atom stereocenters. The lowest BCUT2D eigenvalue weighted by atomic mass is 10.2. The largest absolute Gasteiger partial charge is 0.497 e. The van der Waals surface area contributed by atoms with Crippen LogP contribution in [-0.4, -0.2) is 63.2 Å². The summed E-state index contributed by atoms with van der Waals surface area (Å²) in [5, 5.41) is 6.70. The molecule has 0 spiro atoms. The molecule has 1 saturated heterocycles. The van der Waals surface area contributed by atoms with E-state index >= 15 is 0 Å². The Morgan fingerprint density at radius 1 is 1.37 bits per heavy atom. The van der Waals surface area contributed by atoms with Gasteiger partial charge in [-0.2, -0.15) is 0 Å². The summed E-state index contributed by atoms with van der Waals surface area (Å²) in [6.07, 6.45) is 1.79. The molecule has 2 rings (SSSR count). The molecule has 1 aliphatic heterocycles. The molecule has 1 aliphatic rings. The van der Waals surface area contributed by atoms with E-state index in [2.05, 4.69) is 15.6 Å². The van der Waals surface area contributed by atoms with Crippen LogP contribution in [0.2, 0.25) is 0 Å². The van der Waals surface area contributed by atoms with E-state index in [1.807, 2.05) is 43.0 Å². The number of nitrogens with zero attached hydrogens (tertiary/aromatic N) is 2. The van der Waals surface area contributed by atoms with Crippen LogP contribution in [0.25, 0.3) is 0 Å². The fraction of sp³-hybridized carbons (Fsp3) is 0.600. The Balaban J connectivity index is 1.65. The standard InChI is InChI=1S/C20H32N4O3/c1-15(2)19(25)24-11-9-16(14-24)23-20(21-3)22-10-6-12-27-18-8-5-7-17(13-18)26-4/h5,7-8,13,15-16H,6,9-12,14H2,1-4H3,(H2,21,22,23). The molecule has 1 atom stereocenters. The number of aliphatic imine (C=N–C) groups is 1. The molecule has 0 aliphatic carbocycles. The van der Waals surface area contributed by atoms with Gasteiger partial charge in [0.05, 0.1) is 13.7 Å². The second-order valence-corrected chi connectivity index (χ2v) is 6.95. The van der Waals surface area contributed by atoms with Gasteiger partial charge in [-0.1, -0.05) is 19.9 Å². The number of benzene rings is 1. The number of methoxy groups -OCH3 is 1. The van der Waals surface area contributed by atoms with Gasteiger partial charge in [0.1, 0.15) is 11.5 Å². The van der Waals surface area contributed by atoms with Crippen LogP contribution >= 0.6 is 0 Å². The van der Waals surface area contributed by atoms with E-state index < -0.39 is 0 Å². The third kappa shape index (κ3) is 6.66. The summed E-state index contributed by atoms with van der Waals surface area (Å²) in [5.41, 5.74) is 0. The maximum atomic E-state index is 12.1. The molecule has 0 aromatic heterocycles. The van der Waals surface area contributed by atoms with Crippen molar-refractivity contribution >= 4 is 11.9 Å². The van der Waals surface area contributed by atoms with Gasteiger partial charge in [-0.05, 0) is 25.0 Å². The van der Waals surface area contributed by atoms with Crippen molar-refractivity contribution in [2.75, 3.05) is 40.4 Å². The molecule has 0 saturated carbocycles. The van der Waals surface area contributed by atoms with Gasteiger partial charge in [-0.3, -0.25) is 9.79 Å². The highest BCUT2D eigenvalue weighted by atomic mass is 16.5. The minimum absolute atomic E-state index is 0.0470. The summed E-state index contributed by atoms with van der Waals surface area (Å²) in [5.74, 6) is 2.62. The van der Waals surface area contributed by atoms with Crippen molar-refractivity contribution < 1.29 is 14.3 Å². The third-order valence-electron chi connectivity index (χ3n) is 4.48. The van der Waals surface area contributed by atoms with E-state index in [0.717, 1.165) is 49.9 Å². The average molecular weight is 377 g/mol. The van der Waals surface area contributed by atoms with Crippen LogP contribution < -0.4 is 20.1 Å². The summed E-state index contributed by atoms with van der Waals surface area (Å²) < 4.78 is 10.9. The molecule has 1 amide bonds. The first-order valence-corrected chi connectivity index (χ1v) is 9.56. The van der Waals surface area contributed by atoms with Crippen LogP contribution in [0.3, 0.4) is 0 Å². The van der Waals surface area contributed by atoms with Crippen molar-refractivity contribution in [3.63, 3.8) is 0 Å². The van der Waals surface area contributed by atoms with E-state index in [1.165, 1.54) is 0 Å². The third-order valence-corrected chi connectivity index (χ3v) is 4.48. The lowest BCUT2D eigenvalue weighted by Crippen LogP contribution is -2.45. The molecule has 1 aromatic carbocycles. The maximum absolute atomic E-state index is 12.1. The van der Waals surface area contributed by atoms with Gasteiger partial charge in [-0.25, -0.2) is 0 Å². The number of carbonyl (C=O) groups is 1. The lowest BCUT2D eigenvalue weighted by molar-refractivity contribution is -0.133. The zero-order chi connectivity index (χ0) is 19.6. The molecule has 150 valence electrons. The highest BCUT2D eigenvalue weighted by Gasteiger charge is 2.27. The van der Waals surface area contributed by atoms with Gasteiger partial charge >= 0.3 is 0 Å². The van der Waals surface area contributed by atoms with Crippen molar-refractivity contribution in [3.8, 4) is 11.5 Å². The molecule has 0 bridgehead atoms. The first kappa shape index (κ1) is 20.9. The number of rotatable bonds is 8. The highest BCUT2D eigenvalue weighted by molar-refractivity contribution is 5.81. The van der Waals surface area contributed by atoms with Gasteiger partial charge in [0.25, 0.3) is 0 Å². The minimum Gasteiger partial charge on any atom is -0.497 e. The Bertz CT molecular complexity index is 633. The summed E-state index contributed by atoms with van der Waals surface area (Å²) in [6, 6.07) is 7.83. The first-order chi connectivity index (χ1) is 13.0. The Hall–Kier alpha value is -2.44. The van der Waals surface area contributed by atoms with E-state index in [4.69, 9.17) is 9.47 Å². The Kier molecular flexibility index (Phi) is 8.23. The fourth-order valence-electron chi connectivity index (χ4n) is 2.99. The summed E-state index contributed by atoms with van der Waals surface area (Å²) in [6.45, 7) is 6.79. The monoisotopic (exact) mass is 376 g/mol. The number of guanidine groups is 1. The van der Waals surface area contributed by atoms with Gasteiger partial charge in [0, 0.05) is 44.7 Å². The minimum atomic E-state index is 0.0470. The van der Waals surface area contributed by atoms with Gasteiger partial charge in [0.15, 0.2) is 5.96 Å². The van der Waals surface area contributed by atoms with E-state index in [1.54, 1.807) is 14.2 Å². The Morgan fingerprint density at radius 3 is 2.85 bits per heavy atom. The van der Waals surface area contributed by atoms with Crippen molar-refractivity contribution in [2.24, 2.45) is 10.9 Å².